The zero-order chi connectivity index (χ0) is 22.4. The summed E-state index contributed by atoms with van der Waals surface area (Å²) in [6.45, 7) is 0. The Kier molecular flexibility index (Phi) is 5.17. The van der Waals surface area contributed by atoms with Crippen LogP contribution in [-0.2, 0) is 11.2 Å². The number of anilines is 1. The Bertz CT molecular complexity index is 1280. The van der Waals surface area contributed by atoms with Gasteiger partial charge in [-0.15, -0.1) is 0 Å². The number of carbonyl (C=O) groups is 1. The number of nitrogens with zero attached hydrogens (tertiary/aromatic N) is 2. The molecular weight excluding hydrogens is 435 g/mol. The molecule has 2 heterocycles. The molecule has 3 atom stereocenters. The van der Waals surface area contributed by atoms with Gasteiger partial charge in [-0.25, -0.2) is 9.49 Å². The number of hydrogen-bond donors (Lipinski definition) is 2. The summed E-state index contributed by atoms with van der Waals surface area (Å²) in [7, 11) is 1.52. The van der Waals surface area contributed by atoms with Crippen molar-refractivity contribution in [3.8, 4) is 16.9 Å². The summed E-state index contributed by atoms with van der Waals surface area (Å²) in [5.41, 5.74) is 2.50. The zero-order valence-electron chi connectivity index (χ0n) is 17.2. The fourth-order valence-corrected chi connectivity index (χ4v) is 5.26. The standard InChI is InChI=1S/C23H20ClFN4O3/c1-32-14-5-13(9-26-10-14)16-7-18(25)19(8-17(16)24)27-23(31)21-11-2-3-15(21)22-12(4-11)6-20(30)28-29-22/h5-11,15,21H,2-4H2,1H3,(H,27,31)(H,28,30)/t11-,15+,21?/m0/s1. The van der Waals surface area contributed by atoms with E-state index in [9.17, 15) is 14.0 Å². The van der Waals surface area contributed by atoms with Gasteiger partial charge in [-0.2, -0.15) is 5.10 Å². The highest BCUT2D eigenvalue weighted by Gasteiger charge is 2.47. The predicted molar refractivity (Wildman–Crippen MR) is 117 cm³/mol. The summed E-state index contributed by atoms with van der Waals surface area (Å²) in [5, 5.41) is 9.68. The maximum Gasteiger partial charge on any atom is 0.264 e. The molecular formula is C23H20ClFN4O3. The van der Waals surface area contributed by atoms with Crippen molar-refractivity contribution in [3.05, 3.63) is 69.1 Å². The van der Waals surface area contributed by atoms with Crippen molar-refractivity contribution in [1.29, 1.82) is 0 Å². The van der Waals surface area contributed by atoms with Gasteiger partial charge in [0.1, 0.15) is 11.6 Å². The number of fused-ring (bicyclic) bond motifs is 4. The maximum atomic E-state index is 14.9. The molecule has 2 aliphatic carbocycles. The van der Waals surface area contributed by atoms with E-state index in [-0.39, 0.29) is 39.9 Å². The van der Waals surface area contributed by atoms with Gasteiger partial charge in [0.05, 0.1) is 29.7 Å². The van der Waals surface area contributed by atoms with Gasteiger partial charge in [0, 0.05) is 35.2 Å². The van der Waals surface area contributed by atoms with Crippen LogP contribution in [0.3, 0.4) is 0 Å². The number of H-pyrrole nitrogens is 1. The monoisotopic (exact) mass is 454 g/mol. The Labute approximate surface area is 188 Å². The minimum Gasteiger partial charge on any atom is -0.495 e. The molecule has 0 saturated heterocycles. The number of nitrogens with one attached hydrogen (secondary N) is 2. The second kappa shape index (κ2) is 8.02. The summed E-state index contributed by atoms with van der Waals surface area (Å²) in [5.74, 6) is -0.660. The van der Waals surface area contributed by atoms with Crippen LogP contribution in [0, 0.1) is 17.7 Å². The lowest BCUT2D eigenvalue weighted by molar-refractivity contribution is -0.121. The molecule has 1 amide bonds. The molecule has 2 aromatic heterocycles. The zero-order valence-corrected chi connectivity index (χ0v) is 17.9. The van der Waals surface area contributed by atoms with E-state index >= 15 is 0 Å². The highest BCUT2D eigenvalue weighted by molar-refractivity contribution is 6.33. The quantitative estimate of drug-likeness (QED) is 0.622. The highest BCUT2D eigenvalue weighted by Crippen LogP contribution is 2.49. The number of carbonyl (C=O) groups excluding carboxylic acids is 1. The van der Waals surface area contributed by atoms with Gasteiger partial charge in [-0.1, -0.05) is 11.6 Å². The number of amides is 1. The molecule has 0 spiro atoms. The number of halogens is 2. The van der Waals surface area contributed by atoms with Gasteiger partial charge in [0.2, 0.25) is 5.91 Å². The van der Waals surface area contributed by atoms with Crippen molar-refractivity contribution >= 4 is 23.2 Å². The fourth-order valence-electron chi connectivity index (χ4n) is 4.99. The van der Waals surface area contributed by atoms with E-state index < -0.39 is 5.82 Å². The van der Waals surface area contributed by atoms with Crippen LogP contribution < -0.4 is 15.6 Å². The third-order valence-corrected chi connectivity index (χ3v) is 6.73. The number of aromatic amines is 1. The molecule has 5 rings (SSSR count). The maximum absolute atomic E-state index is 14.9. The van der Waals surface area contributed by atoms with E-state index in [1.807, 2.05) is 0 Å². The van der Waals surface area contributed by atoms with Gasteiger partial charge in [-0.05, 0) is 48.9 Å². The minimum atomic E-state index is -0.591. The normalized spacial score (nSPS) is 21.2. The summed E-state index contributed by atoms with van der Waals surface area (Å²) in [6.07, 6.45) is 5.39. The van der Waals surface area contributed by atoms with Crippen LogP contribution in [0.2, 0.25) is 5.02 Å². The lowest BCUT2D eigenvalue weighted by Crippen LogP contribution is -2.35. The van der Waals surface area contributed by atoms with E-state index in [1.54, 1.807) is 24.5 Å². The molecule has 164 valence electrons. The Morgan fingerprint density at radius 3 is 2.91 bits per heavy atom. The van der Waals surface area contributed by atoms with Crippen molar-refractivity contribution in [2.24, 2.45) is 11.8 Å². The van der Waals surface area contributed by atoms with Crippen LogP contribution in [0.4, 0.5) is 10.1 Å². The van der Waals surface area contributed by atoms with Gasteiger partial charge in [0.15, 0.2) is 0 Å². The SMILES string of the molecule is COc1cncc(-c2cc(F)c(NC(=O)C3[C@H]4CC[C@H]3c3n[nH]c(=O)cc3C4)cc2Cl)c1. The molecule has 2 bridgehead atoms. The number of benzene rings is 1. The minimum absolute atomic E-state index is 0.0271. The van der Waals surface area contributed by atoms with Crippen molar-refractivity contribution in [2.45, 2.75) is 25.2 Å². The molecule has 2 aliphatic rings. The first-order valence-electron chi connectivity index (χ1n) is 10.3. The highest BCUT2D eigenvalue weighted by atomic mass is 35.5. The average molecular weight is 455 g/mol. The number of pyridine rings is 1. The predicted octanol–water partition coefficient (Wildman–Crippen LogP) is 3.94. The molecule has 32 heavy (non-hydrogen) atoms. The summed E-state index contributed by atoms with van der Waals surface area (Å²) >= 11 is 6.42. The number of hydrogen-bond acceptors (Lipinski definition) is 5. The van der Waals surface area contributed by atoms with Crippen molar-refractivity contribution in [3.63, 3.8) is 0 Å². The van der Waals surface area contributed by atoms with E-state index in [0.717, 1.165) is 24.1 Å². The number of rotatable bonds is 4. The molecule has 0 radical (unpaired) electrons. The summed E-state index contributed by atoms with van der Waals surface area (Å²) in [4.78, 5) is 28.8. The number of aromatic nitrogens is 3. The topological polar surface area (TPSA) is 97.0 Å². The first kappa shape index (κ1) is 20.6. The molecule has 3 aromatic rings. The van der Waals surface area contributed by atoms with Crippen LogP contribution >= 0.6 is 11.6 Å². The first-order valence-corrected chi connectivity index (χ1v) is 10.7. The number of ether oxygens (including phenoxy) is 1. The lowest BCUT2D eigenvalue weighted by atomic mass is 9.77. The molecule has 2 N–H and O–H groups in total. The summed E-state index contributed by atoms with van der Waals surface area (Å²) < 4.78 is 20.1. The van der Waals surface area contributed by atoms with Gasteiger partial charge in [0.25, 0.3) is 5.56 Å². The Morgan fingerprint density at radius 1 is 1.25 bits per heavy atom. The van der Waals surface area contributed by atoms with Crippen molar-refractivity contribution in [2.75, 3.05) is 12.4 Å². The average Bonchev–Trinajstić information content (AvgIpc) is 3.11. The molecule has 1 aromatic carbocycles. The van der Waals surface area contributed by atoms with Crippen molar-refractivity contribution < 1.29 is 13.9 Å². The lowest BCUT2D eigenvalue weighted by Gasteiger charge is -2.30. The first-order chi connectivity index (χ1) is 15.4. The fraction of sp³-hybridized carbons (Fsp3) is 0.304. The van der Waals surface area contributed by atoms with Gasteiger partial charge >= 0.3 is 0 Å². The van der Waals surface area contributed by atoms with Crippen LogP contribution in [0.15, 0.2) is 41.5 Å². The third kappa shape index (κ3) is 3.54. The van der Waals surface area contributed by atoms with Gasteiger partial charge in [-0.3, -0.25) is 14.6 Å². The Hall–Kier alpha value is -3.26. The molecule has 1 saturated carbocycles. The van der Waals surface area contributed by atoms with E-state index in [4.69, 9.17) is 16.3 Å². The Balaban J connectivity index is 1.41. The second-order valence-electron chi connectivity index (χ2n) is 8.23. The smallest absolute Gasteiger partial charge is 0.264 e. The summed E-state index contributed by atoms with van der Waals surface area (Å²) in [6, 6.07) is 5.97. The van der Waals surface area contributed by atoms with Crippen LogP contribution in [0.5, 0.6) is 5.75 Å². The third-order valence-electron chi connectivity index (χ3n) is 6.42. The van der Waals surface area contributed by atoms with Crippen LogP contribution in [-0.4, -0.2) is 28.2 Å². The van der Waals surface area contributed by atoms with Crippen LogP contribution in [0.1, 0.15) is 30.0 Å². The van der Waals surface area contributed by atoms with E-state index in [2.05, 4.69) is 20.5 Å². The van der Waals surface area contributed by atoms with E-state index in [1.165, 1.54) is 19.2 Å². The van der Waals surface area contributed by atoms with Crippen molar-refractivity contribution in [1.82, 2.24) is 15.2 Å². The molecule has 1 unspecified atom stereocenters. The molecule has 7 nitrogen and oxygen atoms in total. The second-order valence-corrected chi connectivity index (χ2v) is 8.64. The molecule has 0 aliphatic heterocycles. The van der Waals surface area contributed by atoms with Crippen LogP contribution in [0.25, 0.3) is 11.1 Å². The molecule has 1 fully saturated rings. The van der Waals surface area contributed by atoms with Gasteiger partial charge < -0.3 is 10.1 Å². The largest absolute Gasteiger partial charge is 0.495 e. The Morgan fingerprint density at radius 2 is 2.09 bits per heavy atom. The molecule has 9 heteroatoms. The van der Waals surface area contributed by atoms with E-state index in [0.29, 0.717) is 23.3 Å². The number of methoxy groups -OCH3 is 1.